The van der Waals surface area contributed by atoms with E-state index < -0.39 is 11.4 Å². The molecule has 1 saturated carbocycles. The van der Waals surface area contributed by atoms with E-state index in [9.17, 15) is 9.50 Å². The van der Waals surface area contributed by atoms with E-state index in [0.29, 0.717) is 12.8 Å². The van der Waals surface area contributed by atoms with Gasteiger partial charge in [0.25, 0.3) is 0 Å². The smallest absolute Gasteiger partial charge is 0.150 e. The molecule has 2 rings (SSSR count). The summed E-state index contributed by atoms with van der Waals surface area (Å²) in [7, 11) is 0. The Morgan fingerprint density at radius 2 is 1.88 bits per heavy atom. The second kappa shape index (κ2) is 4.22. The first-order chi connectivity index (χ1) is 7.54. The zero-order valence-electron chi connectivity index (χ0n) is 8.97. The van der Waals surface area contributed by atoms with Crippen molar-refractivity contribution in [3.8, 4) is 5.75 Å². The molecule has 88 valence electrons. The number of benzene rings is 1. The van der Waals surface area contributed by atoms with Crippen molar-refractivity contribution in [3.05, 3.63) is 28.5 Å². The topological polar surface area (TPSA) is 46.2 Å². The molecule has 0 aliphatic heterocycles. The van der Waals surface area contributed by atoms with Crippen LogP contribution in [0.3, 0.4) is 0 Å². The number of phenolic OH excluding ortho intramolecular Hbond substituents is 1. The second-order valence-electron chi connectivity index (χ2n) is 4.47. The summed E-state index contributed by atoms with van der Waals surface area (Å²) in [6.07, 6.45) is 4.42. The monoisotopic (exact) mass is 243 g/mol. The Labute approximate surface area is 99.2 Å². The zero-order chi connectivity index (χ0) is 11.8. The molecule has 0 heterocycles. The zero-order valence-corrected chi connectivity index (χ0v) is 9.73. The van der Waals surface area contributed by atoms with Gasteiger partial charge in [-0.1, -0.05) is 30.9 Å². The van der Waals surface area contributed by atoms with Crippen LogP contribution in [0.5, 0.6) is 5.75 Å². The minimum atomic E-state index is -0.767. The molecule has 4 heteroatoms. The molecular weight excluding hydrogens is 229 g/mol. The molecule has 0 aromatic heterocycles. The molecular formula is C12H15ClFNO. The van der Waals surface area contributed by atoms with Gasteiger partial charge in [0, 0.05) is 5.54 Å². The van der Waals surface area contributed by atoms with Crippen molar-refractivity contribution in [1.29, 1.82) is 0 Å². The van der Waals surface area contributed by atoms with Crippen LogP contribution in [0.1, 0.15) is 37.7 Å². The largest absolute Gasteiger partial charge is 0.507 e. The van der Waals surface area contributed by atoms with Gasteiger partial charge in [-0.2, -0.15) is 0 Å². The summed E-state index contributed by atoms with van der Waals surface area (Å²) in [5, 5.41) is 9.77. The third-order valence-electron chi connectivity index (χ3n) is 3.32. The maximum atomic E-state index is 13.9. The first-order valence-corrected chi connectivity index (χ1v) is 5.89. The molecule has 0 bridgehead atoms. The fraction of sp³-hybridized carbons (Fsp3) is 0.500. The molecule has 1 aliphatic rings. The number of rotatable bonds is 1. The summed E-state index contributed by atoms with van der Waals surface area (Å²) in [6.45, 7) is 0. The van der Waals surface area contributed by atoms with E-state index in [1.54, 1.807) is 0 Å². The van der Waals surface area contributed by atoms with Gasteiger partial charge in [0.2, 0.25) is 0 Å². The van der Waals surface area contributed by atoms with Crippen LogP contribution in [0.25, 0.3) is 0 Å². The van der Waals surface area contributed by atoms with Crippen molar-refractivity contribution in [3.63, 3.8) is 0 Å². The van der Waals surface area contributed by atoms with Crippen LogP contribution in [0.4, 0.5) is 4.39 Å². The molecule has 1 aromatic rings. The number of halogens is 2. The molecule has 2 nitrogen and oxygen atoms in total. The number of hydrogen-bond acceptors (Lipinski definition) is 2. The van der Waals surface area contributed by atoms with Crippen molar-refractivity contribution in [2.75, 3.05) is 0 Å². The van der Waals surface area contributed by atoms with Gasteiger partial charge in [-0.15, -0.1) is 0 Å². The quantitative estimate of drug-likeness (QED) is 0.795. The van der Waals surface area contributed by atoms with Crippen molar-refractivity contribution in [2.45, 2.75) is 37.6 Å². The average Bonchev–Trinajstić information content (AvgIpc) is 2.25. The van der Waals surface area contributed by atoms with Crippen LogP contribution in [-0.4, -0.2) is 5.11 Å². The van der Waals surface area contributed by atoms with E-state index >= 15 is 0 Å². The highest BCUT2D eigenvalue weighted by Gasteiger charge is 2.35. The average molecular weight is 244 g/mol. The van der Waals surface area contributed by atoms with Gasteiger partial charge in [0.15, 0.2) is 5.82 Å². The van der Waals surface area contributed by atoms with Crippen LogP contribution < -0.4 is 5.73 Å². The molecule has 0 spiro atoms. The van der Waals surface area contributed by atoms with Gasteiger partial charge in [-0.3, -0.25) is 0 Å². The normalized spacial score (nSPS) is 19.7. The Balaban J connectivity index is 2.49. The fourth-order valence-corrected chi connectivity index (χ4v) is 2.60. The molecule has 1 fully saturated rings. The second-order valence-corrected chi connectivity index (χ2v) is 4.88. The predicted molar refractivity (Wildman–Crippen MR) is 62.0 cm³/mol. The van der Waals surface area contributed by atoms with Crippen LogP contribution in [0, 0.1) is 5.82 Å². The van der Waals surface area contributed by atoms with Crippen LogP contribution in [-0.2, 0) is 5.54 Å². The molecule has 1 aromatic carbocycles. The third kappa shape index (κ3) is 1.89. The lowest BCUT2D eigenvalue weighted by Gasteiger charge is -2.34. The third-order valence-corrected chi connectivity index (χ3v) is 3.61. The molecule has 0 amide bonds. The molecule has 0 unspecified atom stereocenters. The Kier molecular flexibility index (Phi) is 3.08. The van der Waals surface area contributed by atoms with Crippen molar-refractivity contribution in [2.24, 2.45) is 5.73 Å². The van der Waals surface area contributed by atoms with E-state index in [4.69, 9.17) is 17.3 Å². The lowest BCUT2D eigenvalue weighted by molar-refractivity contribution is 0.282. The Morgan fingerprint density at radius 3 is 2.50 bits per heavy atom. The summed E-state index contributed by atoms with van der Waals surface area (Å²) >= 11 is 5.73. The number of nitrogens with two attached hydrogens (primary N) is 1. The summed E-state index contributed by atoms with van der Waals surface area (Å²) in [6, 6.07) is 2.76. The van der Waals surface area contributed by atoms with Gasteiger partial charge < -0.3 is 10.8 Å². The Morgan fingerprint density at radius 1 is 1.25 bits per heavy atom. The van der Waals surface area contributed by atoms with Gasteiger partial charge in [-0.25, -0.2) is 4.39 Å². The first kappa shape index (κ1) is 11.7. The van der Waals surface area contributed by atoms with Gasteiger partial charge in [0.05, 0.1) is 10.6 Å². The minimum Gasteiger partial charge on any atom is -0.507 e. The van der Waals surface area contributed by atoms with Crippen molar-refractivity contribution < 1.29 is 9.50 Å². The van der Waals surface area contributed by atoms with Crippen molar-refractivity contribution in [1.82, 2.24) is 0 Å². The highest BCUT2D eigenvalue weighted by Crippen LogP contribution is 2.41. The van der Waals surface area contributed by atoms with E-state index in [1.807, 2.05) is 0 Å². The summed E-state index contributed by atoms with van der Waals surface area (Å²) in [4.78, 5) is 0. The summed E-state index contributed by atoms with van der Waals surface area (Å²) in [5.74, 6) is -0.669. The highest BCUT2D eigenvalue weighted by atomic mass is 35.5. The number of aromatic hydroxyl groups is 1. The predicted octanol–water partition coefficient (Wildman–Crippen LogP) is 3.30. The minimum absolute atomic E-state index is 0.0169. The number of hydrogen-bond donors (Lipinski definition) is 2. The van der Waals surface area contributed by atoms with Crippen LogP contribution >= 0.6 is 11.6 Å². The fourth-order valence-electron chi connectivity index (χ4n) is 2.45. The molecule has 1 aliphatic carbocycles. The maximum absolute atomic E-state index is 13.9. The van der Waals surface area contributed by atoms with Gasteiger partial charge in [-0.05, 0) is 25.0 Å². The van der Waals surface area contributed by atoms with Gasteiger partial charge >= 0.3 is 0 Å². The van der Waals surface area contributed by atoms with E-state index in [2.05, 4.69) is 0 Å². The summed E-state index contributed by atoms with van der Waals surface area (Å²) < 4.78 is 13.9. The Bertz CT molecular complexity index is 402. The molecule has 0 atom stereocenters. The summed E-state index contributed by atoms with van der Waals surface area (Å²) in [5.41, 5.74) is 5.61. The Hall–Kier alpha value is -0.800. The lowest BCUT2D eigenvalue weighted by Crippen LogP contribution is -2.39. The van der Waals surface area contributed by atoms with E-state index in [1.165, 1.54) is 12.1 Å². The first-order valence-electron chi connectivity index (χ1n) is 5.51. The molecule has 0 saturated heterocycles. The van der Waals surface area contributed by atoms with Crippen LogP contribution in [0.15, 0.2) is 12.1 Å². The van der Waals surface area contributed by atoms with Gasteiger partial charge in [0.1, 0.15) is 5.75 Å². The standard InChI is InChI=1S/C12H15ClFNO/c13-8-4-5-9(16)10(11(8)14)12(15)6-2-1-3-7-12/h4-5,16H,1-3,6-7,15H2. The maximum Gasteiger partial charge on any atom is 0.150 e. The van der Waals surface area contributed by atoms with Crippen LogP contribution in [0.2, 0.25) is 5.02 Å². The molecule has 16 heavy (non-hydrogen) atoms. The number of phenols is 1. The molecule has 3 N–H and O–H groups in total. The van der Waals surface area contributed by atoms with E-state index in [-0.39, 0.29) is 16.3 Å². The van der Waals surface area contributed by atoms with Crippen molar-refractivity contribution >= 4 is 11.6 Å². The SMILES string of the molecule is NC1(c2c(O)ccc(Cl)c2F)CCCCC1. The lowest BCUT2D eigenvalue weighted by atomic mass is 9.77. The highest BCUT2D eigenvalue weighted by molar-refractivity contribution is 6.30. The molecule has 0 radical (unpaired) electrons. The van der Waals surface area contributed by atoms with E-state index in [0.717, 1.165) is 19.3 Å².